The van der Waals surface area contributed by atoms with Gasteiger partial charge in [-0.15, -0.1) is 23.7 Å². The second-order valence-corrected chi connectivity index (χ2v) is 9.40. The normalized spacial score (nSPS) is 14.3. The number of thiazole rings is 1. The number of likely N-dealkylation sites (tertiary alicyclic amines) is 1. The van der Waals surface area contributed by atoms with Gasteiger partial charge in [-0.1, -0.05) is 30.3 Å². The maximum Gasteiger partial charge on any atom is 0.416 e. The van der Waals surface area contributed by atoms with Crippen LogP contribution in [0.1, 0.15) is 52.7 Å². The molecule has 4 rings (SSSR count). The number of anilines is 1. The number of carbonyl (C=O) groups excluding carboxylic acids is 2. The average Bonchev–Trinajstić information content (AvgIpc) is 3.38. The summed E-state index contributed by atoms with van der Waals surface area (Å²) in [5.41, 5.74) is 0.725. The third kappa shape index (κ3) is 5.94. The third-order valence-corrected chi connectivity index (χ3v) is 7.12. The molecule has 5 nitrogen and oxygen atoms in total. The zero-order valence-electron chi connectivity index (χ0n) is 19.3. The van der Waals surface area contributed by atoms with Crippen LogP contribution in [-0.2, 0) is 11.0 Å². The minimum Gasteiger partial charge on any atom is -0.343 e. The number of rotatable bonds is 6. The van der Waals surface area contributed by atoms with Gasteiger partial charge in [-0.05, 0) is 36.6 Å². The van der Waals surface area contributed by atoms with Crippen LogP contribution in [0.5, 0.6) is 0 Å². The van der Waals surface area contributed by atoms with Crippen molar-refractivity contribution >= 4 is 28.8 Å². The molecule has 0 aliphatic carbocycles. The van der Waals surface area contributed by atoms with Gasteiger partial charge in [0.25, 0.3) is 5.91 Å². The lowest BCUT2D eigenvalue weighted by molar-refractivity contribution is -0.137. The molecule has 0 spiro atoms. The maximum atomic E-state index is 13.2. The van der Waals surface area contributed by atoms with Gasteiger partial charge in [0.1, 0.15) is 5.69 Å². The van der Waals surface area contributed by atoms with Crippen molar-refractivity contribution in [3.63, 3.8) is 0 Å². The van der Waals surface area contributed by atoms with E-state index in [-0.39, 0.29) is 17.5 Å². The van der Waals surface area contributed by atoms with E-state index in [2.05, 4.69) is 16.2 Å². The lowest BCUT2D eigenvalue weighted by Gasteiger charge is -2.31. The van der Waals surface area contributed by atoms with Crippen LogP contribution in [0.15, 0.2) is 53.9 Å². The zero-order valence-corrected chi connectivity index (χ0v) is 20.2. The van der Waals surface area contributed by atoms with E-state index in [0.29, 0.717) is 42.7 Å². The number of aromatic nitrogens is 1. The summed E-state index contributed by atoms with van der Waals surface area (Å²) >= 11 is 1.40. The fourth-order valence-corrected chi connectivity index (χ4v) is 5.16. The molecule has 2 heterocycles. The van der Waals surface area contributed by atoms with E-state index < -0.39 is 17.6 Å². The summed E-state index contributed by atoms with van der Waals surface area (Å²) in [4.78, 5) is 31.5. The zero-order chi connectivity index (χ0) is 25.7. The molecule has 1 N–H and O–H groups in total. The molecule has 0 saturated carbocycles. The first-order valence-electron chi connectivity index (χ1n) is 11.5. The van der Waals surface area contributed by atoms with Gasteiger partial charge in [-0.25, -0.2) is 4.98 Å². The fourth-order valence-electron chi connectivity index (χ4n) is 4.19. The highest BCUT2D eigenvalue weighted by Crippen LogP contribution is 2.35. The number of piperidine rings is 1. The van der Waals surface area contributed by atoms with Crippen molar-refractivity contribution in [2.75, 3.05) is 18.4 Å². The molecule has 186 valence electrons. The molecule has 1 aliphatic rings. The minimum atomic E-state index is -4.46. The largest absolute Gasteiger partial charge is 0.416 e. The first kappa shape index (κ1) is 25.5. The van der Waals surface area contributed by atoms with Crippen molar-refractivity contribution in [3.05, 3.63) is 70.2 Å². The Morgan fingerprint density at radius 1 is 1.14 bits per heavy atom. The molecule has 1 aliphatic heterocycles. The highest BCUT2D eigenvalue weighted by atomic mass is 32.1. The van der Waals surface area contributed by atoms with E-state index in [9.17, 15) is 22.8 Å². The number of hydrogen-bond acceptors (Lipinski definition) is 4. The molecule has 1 aromatic heterocycles. The number of halogens is 3. The molecule has 1 fully saturated rings. The molecule has 0 unspecified atom stereocenters. The Morgan fingerprint density at radius 3 is 2.61 bits per heavy atom. The first-order valence-corrected chi connectivity index (χ1v) is 12.4. The second-order valence-electron chi connectivity index (χ2n) is 8.51. The molecule has 2 aromatic carbocycles. The van der Waals surface area contributed by atoms with Gasteiger partial charge < -0.3 is 10.2 Å². The van der Waals surface area contributed by atoms with Gasteiger partial charge in [0, 0.05) is 48.5 Å². The van der Waals surface area contributed by atoms with Crippen molar-refractivity contribution in [2.24, 2.45) is 0 Å². The van der Waals surface area contributed by atoms with E-state index in [1.165, 1.54) is 17.4 Å². The van der Waals surface area contributed by atoms with Crippen LogP contribution in [0.25, 0.3) is 11.1 Å². The summed E-state index contributed by atoms with van der Waals surface area (Å²) in [6.45, 7) is 1.25. The molecular formula is C27H24F3N3O2S. The topological polar surface area (TPSA) is 62.3 Å². The Kier molecular flexibility index (Phi) is 7.75. The second kappa shape index (κ2) is 11.0. The number of carbonyl (C=O) groups is 2. The Labute approximate surface area is 211 Å². The monoisotopic (exact) mass is 511 g/mol. The molecular weight excluding hydrogens is 487 g/mol. The lowest BCUT2D eigenvalue weighted by atomic mass is 9.97. The number of amides is 2. The first-order chi connectivity index (χ1) is 17.3. The minimum absolute atomic E-state index is 0.0602. The van der Waals surface area contributed by atoms with E-state index in [1.807, 2.05) is 4.90 Å². The van der Waals surface area contributed by atoms with Crippen LogP contribution in [0.4, 0.5) is 18.9 Å². The van der Waals surface area contributed by atoms with Gasteiger partial charge >= 0.3 is 6.18 Å². The van der Waals surface area contributed by atoms with Gasteiger partial charge in [-0.3, -0.25) is 9.59 Å². The molecule has 3 aromatic rings. The molecule has 0 atom stereocenters. The Morgan fingerprint density at radius 2 is 1.89 bits per heavy atom. The van der Waals surface area contributed by atoms with Crippen LogP contribution < -0.4 is 5.32 Å². The maximum absolute atomic E-state index is 13.2. The lowest BCUT2D eigenvalue weighted by Crippen LogP contribution is -2.37. The van der Waals surface area contributed by atoms with E-state index in [4.69, 9.17) is 6.42 Å². The summed E-state index contributed by atoms with van der Waals surface area (Å²) < 4.78 is 39.5. The van der Waals surface area contributed by atoms with Crippen LogP contribution in [0, 0.1) is 12.3 Å². The summed E-state index contributed by atoms with van der Waals surface area (Å²) in [6.07, 6.45) is 3.08. The molecule has 1 saturated heterocycles. The number of hydrogen-bond donors (Lipinski definition) is 1. The Hall–Kier alpha value is -3.64. The van der Waals surface area contributed by atoms with Crippen molar-refractivity contribution in [1.82, 2.24) is 9.88 Å². The van der Waals surface area contributed by atoms with Crippen LogP contribution >= 0.6 is 11.3 Å². The van der Waals surface area contributed by atoms with Crippen LogP contribution in [0.3, 0.4) is 0 Å². The number of alkyl halides is 3. The summed E-state index contributed by atoms with van der Waals surface area (Å²) in [6, 6.07) is 11.7. The number of benzene rings is 2. The highest BCUT2D eigenvalue weighted by molar-refractivity contribution is 7.10. The SMILES string of the molecule is C#CCCC(=O)N1CCC(c2nc(C(=O)Nc3ccccc3-c3cccc(C(F)(F)F)c3)cs2)CC1. The van der Waals surface area contributed by atoms with Gasteiger partial charge in [0.05, 0.1) is 10.6 Å². The fraction of sp³-hybridized carbons (Fsp3) is 0.296. The Balaban J connectivity index is 1.44. The smallest absolute Gasteiger partial charge is 0.343 e. The summed E-state index contributed by atoms with van der Waals surface area (Å²) in [7, 11) is 0. The van der Waals surface area contributed by atoms with Gasteiger partial charge in [0.15, 0.2) is 0 Å². The number of para-hydroxylation sites is 1. The summed E-state index contributed by atoms with van der Waals surface area (Å²) in [5, 5.41) is 5.31. The predicted octanol–water partition coefficient (Wildman–Crippen LogP) is 6.20. The molecule has 2 amide bonds. The molecule has 36 heavy (non-hydrogen) atoms. The number of terminal acetylenes is 1. The predicted molar refractivity (Wildman–Crippen MR) is 134 cm³/mol. The van der Waals surface area contributed by atoms with Crippen LogP contribution in [-0.4, -0.2) is 34.8 Å². The van der Waals surface area contributed by atoms with E-state index >= 15 is 0 Å². The average molecular weight is 512 g/mol. The standard InChI is InChI=1S/C27H24F3N3O2S/c1-2-3-11-24(34)33-14-12-18(13-15-33)26-32-23(17-36-26)25(35)31-22-10-5-4-9-21(22)19-7-6-8-20(16-19)27(28,29)30/h1,4-10,16-18H,3,11-15H2,(H,31,35). The van der Waals surface area contributed by atoms with Crippen molar-refractivity contribution in [2.45, 2.75) is 37.8 Å². The molecule has 9 heteroatoms. The summed E-state index contributed by atoms with van der Waals surface area (Å²) in [5.74, 6) is 2.27. The van der Waals surface area contributed by atoms with Gasteiger partial charge in [-0.2, -0.15) is 13.2 Å². The number of nitrogens with one attached hydrogen (secondary N) is 1. The van der Waals surface area contributed by atoms with Gasteiger partial charge in [0.2, 0.25) is 5.91 Å². The molecule has 0 bridgehead atoms. The van der Waals surface area contributed by atoms with E-state index in [0.717, 1.165) is 30.0 Å². The molecule has 0 radical (unpaired) electrons. The van der Waals surface area contributed by atoms with Crippen molar-refractivity contribution in [3.8, 4) is 23.5 Å². The van der Waals surface area contributed by atoms with Crippen molar-refractivity contribution < 1.29 is 22.8 Å². The highest BCUT2D eigenvalue weighted by Gasteiger charge is 2.31. The number of nitrogens with zero attached hydrogens (tertiary/aromatic N) is 2. The van der Waals surface area contributed by atoms with E-state index in [1.54, 1.807) is 35.7 Å². The third-order valence-electron chi connectivity index (χ3n) is 6.11. The van der Waals surface area contributed by atoms with Crippen LogP contribution in [0.2, 0.25) is 0 Å². The van der Waals surface area contributed by atoms with Crippen molar-refractivity contribution in [1.29, 1.82) is 0 Å². The Bertz CT molecular complexity index is 1290. The quantitative estimate of drug-likeness (QED) is 0.401.